The summed E-state index contributed by atoms with van der Waals surface area (Å²) in [6.45, 7) is 6.02. The lowest BCUT2D eigenvalue weighted by Crippen LogP contribution is -2.52. The third-order valence-electron chi connectivity index (χ3n) is 4.70. The van der Waals surface area contributed by atoms with Gasteiger partial charge < -0.3 is 9.88 Å². The van der Waals surface area contributed by atoms with Crippen LogP contribution in [0.15, 0.2) is 23.0 Å². The monoisotopic (exact) mass is 351 g/mol. The number of nitrogens with one attached hydrogen (secondary N) is 1. The van der Waals surface area contributed by atoms with E-state index in [4.69, 9.17) is 0 Å². The number of amides is 1. The van der Waals surface area contributed by atoms with Crippen molar-refractivity contribution in [2.24, 2.45) is 0 Å². The first-order chi connectivity index (χ1) is 11.3. The van der Waals surface area contributed by atoms with E-state index in [1.807, 2.05) is 6.92 Å². The Bertz CT molecular complexity index is 939. The van der Waals surface area contributed by atoms with Gasteiger partial charge in [0.15, 0.2) is 9.84 Å². The number of hydrogen-bond donors (Lipinski definition) is 1. The first-order valence-corrected chi connectivity index (χ1v) is 9.61. The summed E-state index contributed by atoms with van der Waals surface area (Å²) >= 11 is 0. The number of carbonyl (C=O) groups excluding carboxylic acids is 1. The van der Waals surface area contributed by atoms with Gasteiger partial charge in [0.05, 0.1) is 21.5 Å². The maximum atomic E-state index is 12.8. The number of H-pyrrole nitrogens is 1. The predicted octanol–water partition coefficient (Wildman–Crippen LogP) is 0.997. The number of imidazole rings is 1. The van der Waals surface area contributed by atoms with Crippen LogP contribution in [0.3, 0.4) is 0 Å². The SMILES string of the molecule is CCn1c(=O)[nH]c2ccc(C(=O)N3CC(C)S(=O)(=O)C(C)C3)cc21. The molecule has 2 aromatic rings. The average Bonchev–Trinajstić information content (AvgIpc) is 2.86. The molecule has 1 aromatic carbocycles. The zero-order chi connectivity index (χ0) is 17.6. The zero-order valence-electron chi connectivity index (χ0n) is 13.9. The minimum atomic E-state index is -3.18. The Morgan fingerprint density at radius 2 is 1.88 bits per heavy atom. The molecule has 2 heterocycles. The van der Waals surface area contributed by atoms with Crippen molar-refractivity contribution in [3.05, 3.63) is 34.2 Å². The molecule has 1 aromatic heterocycles. The largest absolute Gasteiger partial charge is 0.336 e. The van der Waals surface area contributed by atoms with Crippen LogP contribution in [0.5, 0.6) is 0 Å². The summed E-state index contributed by atoms with van der Waals surface area (Å²) < 4.78 is 25.8. The van der Waals surface area contributed by atoms with Gasteiger partial charge in [-0.3, -0.25) is 9.36 Å². The van der Waals surface area contributed by atoms with Crippen LogP contribution in [0.25, 0.3) is 11.0 Å². The number of aryl methyl sites for hydroxylation is 1. The fourth-order valence-electron chi connectivity index (χ4n) is 3.25. The van der Waals surface area contributed by atoms with Gasteiger partial charge in [0.25, 0.3) is 5.91 Å². The second-order valence-corrected chi connectivity index (χ2v) is 9.11. The van der Waals surface area contributed by atoms with Crippen molar-refractivity contribution in [2.75, 3.05) is 13.1 Å². The van der Waals surface area contributed by atoms with E-state index in [1.54, 1.807) is 41.5 Å². The molecule has 2 unspecified atom stereocenters. The van der Waals surface area contributed by atoms with E-state index in [0.717, 1.165) is 0 Å². The first-order valence-electron chi connectivity index (χ1n) is 8.00. The molecule has 1 N–H and O–H groups in total. The molecule has 0 bridgehead atoms. The molecule has 1 saturated heterocycles. The Labute approximate surface area is 140 Å². The van der Waals surface area contributed by atoms with Crippen LogP contribution in [0.2, 0.25) is 0 Å². The van der Waals surface area contributed by atoms with Crippen molar-refractivity contribution in [1.82, 2.24) is 14.5 Å². The molecular formula is C16H21N3O4S. The van der Waals surface area contributed by atoms with Gasteiger partial charge >= 0.3 is 5.69 Å². The lowest BCUT2D eigenvalue weighted by Gasteiger charge is -2.34. The van der Waals surface area contributed by atoms with Gasteiger partial charge in [0, 0.05) is 25.2 Å². The summed E-state index contributed by atoms with van der Waals surface area (Å²) in [5.74, 6) is -0.207. The van der Waals surface area contributed by atoms with Gasteiger partial charge in [0.1, 0.15) is 0 Å². The Balaban J connectivity index is 1.96. The Morgan fingerprint density at radius 1 is 1.25 bits per heavy atom. The minimum absolute atomic E-state index is 0.192. The molecule has 2 atom stereocenters. The molecule has 0 saturated carbocycles. The lowest BCUT2D eigenvalue weighted by molar-refractivity contribution is 0.0749. The molecule has 1 aliphatic heterocycles. The number of sulfone groups is 1. The summed E-state index contributed by atoms with van der Waals surface area (Å²) in [5.41, 5.74) is 1.62. The van der Waals surface area contributed by atoms with Crippen molar-refractivity contribution in [2.45, 2.75) is 37.8 Å². The maximum absolute atomic E-state index is 12.8. The van der Waals surface area contributed by atoms with E-state index < -0.39 is 20.3 Å². The molecule has 8 heteroatoms. The van der Waals surface area contributed by atoms with Crippen molar-refractivity contribution in [3.63, 3.8) is 0 Å². The van der Waals surface area contributed by atoms with Crippen LogP contribution in [-0.2, 0) is 16.4 Å². The maximum Gasteiger partial charge on any atom is 0.326 e. The number of hydrogen-bond acceptors (Lipinski definition) is 4. The van der Waals surface area contributed by atoms with E-state index in [2.05, 4.69) is 4.98 Å². The van der Waals surface area contributed by atoms with Crippen LogP contribution >= 0.6 is 0 Å². The number of nitrogens with zero attached hydrogens (tertiary/aromatic N) is 2. The number of carbonyl (C=O) groups is 1. The zero-order valence-corrected chi connectivity index (χ0v) is 14.8. The first kappa shape index (κ1) is 16.8. The molecule has 3 rings (SSSR count). The molecule has 130 valence electrons. The third-order valence-corrected chi connectivity index (χ3v) is 7.24. The molecule has 7 nitrogen and oxygen atoms in total. The molecule has 1 aliphatic rings. The Morgan fingerprint density at radius 3 is 2.46 bits per heavy atom. The normalized spacial score (nSPS) is 23.5. The Hall–Kier alpha value is -2.09. The van der Waals surface area contributed by atoms with Crippen LogP contribution in [-0.4, -0.2) is 52.4 Å². The van der Waals surface area contributed by atoms with E-state index >= 15 is 0 Å². The summed E-state index contributed by atoms with van der Waals surface area (Å²) in [7, 11) is -3.18. The fourth-order valence-corrected chi connectivity index (χ4v) is 4.82. The molecular weight excluding hydrogens is 330 g/mol. The smallest absolute Gasteiger partial charge is 0.326 e. The van der Waals surface area contributed by atoms with Crippen LogP contribution in [0.4, 0.5) is 0 Å². The van der Waals surface area contributed by atoms with Crippen molar-refractivity contribution in [3.8, 4) is 0 Å². The highest BCUT2D eigenvalue weighted by Gasteiger charge is 2.37. The number of aromatic nitrogens is 2. The van der Waals surface area contributed by atoms with Crippen molar-refractivity contribution >= 4 is 26.8 Å². The third kappa shape index (κ3) is 2.54. The van der Waals surface area contributed by atoms with E-state index in [0.29, 0.717) is 23.1 Å². The second-order valence-electron chi connectivity index (χ2n) is 6.33. The summed E-state index contributed by atoms with van der Waals surface area (Å²) in [6, 6.07) is 5.07. The van der Waals surface area contributed by atoms with Crippen LogP contribution in [0, 0.1) is 0 Å². The molecule has 1 amide bonds. The standard InChI is InChI=1S/C16H21N3O4S/c1-4-19-14-7-12(5-6-13(14)17-16(19)21)15(20)18-8-10(2)24(22,23)11(3)9-18/h5-7,10-11H,4,8-9H2,1-3H3,(H,17,21). The van der Waals surface area contributed by atoms with E-state index in [1.165, 1.54) is 0 Å². The summed E-state index contributed by atoms with van der Waals surface area (Å²) in [4.78, 5) is 29.0. The number of benzene rings is 1. The van der Waals surface area contributed by atoms with E-state index in [-0.39, 0.29) is 24.7 Å². The minimum Gasteiger partial charge on any atom is -0.336 e. The van der Waals surface area contributed by atoms with Gasteiger partial charge in [-0.1, -0.05) is 0 Å². The van der Waals surface area contributed by atoms with Crippen LogP contribution in [0.1, 0.15) is 31.1 Å². The molecule has 1 fully saturated rings. The Kier molecular flexibility index (Phi) is 4.03. The van der Waals surface area contributed by atoms with Crippen molar-refractivity contribution in [1.29, 1.82) is 0 Å². The summed E-state index contributed by atoms with van der Waals surface area (Å²) in [6.07, 6.45) is 0. The molecule has 24 heavy (non-hydrogen) atoms. The van der Waals surface area contributed by atoms with Gasteiger partial charge in [0.2, 0.25) is 0 Å². The van der Waals surface area contributed by atoms with Gasteiger partial charge in [-0.2, -0.15) is 0 Å². The molecule has 0 aliphatic carbocycles. The average molecular weight is 351 g/mol. The van der Waals surface area contributed by atoms with Gasteiger partial charge in [-0.15, -0.1) is 0 Å². The molecule has 0 radical (unpaired) electrons. The second kappa shape index (κ2) is 5.77. The highest BCUT2D eigenvalue weighted by atomic mass is 32.2. The highest BCUT2D eigenvalue weighted by molar-refractivity contribution is 7.92. The fraction of sp³-hybridized carbons (Fsp3) is 0.500. The van der Waals surface area contributed by atoms with Crippen LogP contribution < -0.4 is 5.69 Å². The van der Waals surface area contributed by atoms with Crippen molar-refractivity contribution < 1.29 is 13.2 Å². The molecule has 0 spiro atoms. The van der Waals surface area contributed by atoms with Gasteiger partial charge in [-0.05, 0) is 39.0 Å². The highest BCUT2D eigenvalue weighted by Crippen LogP contribution is 2.21. The predicted molar refractivity (Wildman–Crippen MR) is 92.0 cm³/mol. The van der Waals surface area contributed by atoms with Gasteiger partial charge in [-0.25, -0.2) is 13.2 Å². The number of rotatable bonds is 2. The topological polar surface area (TPSA) is 92.2 Å². The number of fused-ring (bicyclic) bond motifs is 1. The van der Waals surface area contributed by atoms with E-state index in [9.17, 15) is 18.0 Å². The lowest BCUT2D eigenvalue weighted by atomic mass is 10.1. The quantitative estimate of drug-likeness (QED) is 0.873. The number of aromatic amines is 1. The summed E-state index contributed by atoms with van der Waals surface area (Å²) in [5, 5.41) is -1.15.